The first-order chi connectivity index (χ1) is 26.6. The maximum atomic E-state index is 2.57. The molecule has 0 saturated heterocycles. The second kappa shape index (κ2) is 22.2. The fourth-order valence-electron chi connectivity index (χ4n) is 7.52. The maximum Gasteiger partial charge on any atom is 0.0481 e. The van der Waals surface area contributed by atoms with Crippen LogP contribution in [-0.4, -0.2) is 0 Å². The van der Waals surface area contributed by atoms with Gasteiger partial charge in [0, 0.05) is 48.8 Å². The molecule has 290 valence electrons. The lowest BCUT2D eigenvalue weighted by Gasteiger charge is -2.02. The fraction of sp³-hybridized carbons (Fsp3) is 0.500. The molecule has 0 atom stereocenters. The van der Waals surface area contributed by atoms with Gasteiger partial charge < -0.3 is 0 Å². The topological polar surface area (TPSA) is 0 Å². The van der Waals surface area contributed by atoms with Crippen LogP contribution >= 0.6 is 68.0 Å². The van der Waals surface area contributed by atoms with Crippen molar-refractivity contribution >= 4 is 68.0 Å². The largest absolute Gasteiger partial charge is 0.143 e. The molecule has 6 aromatic heterocycles. The van der Waals surface area contributed by atoms with Gasteiger partial charge >= 0.3 is 0 Å². The van der Waals surface area contributed by atoms with Crippen molar-refractivity contribution < 1.29 is 0 Å². The van der Waals surface area contributed by atoms with Crippen molar-refractivity contribution in [2.75, 3.05) is 0 Å². The summed E-state index contributed by atoms with van der Waals surface area (Å²) < 4.78 is 0. The van der Waals surface area contributed by atoms with Gasteiger partial charge in [0.1, 0.15) is 0 Å². The molecule has 0 aliphatic carbocycles. The molecule has 6 aromatic rings. The molecule has 0 amide bonds. The summed E-state index contributed by atoms with van der Waals surface area (Å²) in [6.45, 7) is 9.25. The molecule has 6 heterocycles. The lowest BCUT2D eigenvalue weighted by molar-refractivity contribution is 0.667. The number of unbranched alkanes of at least 4 members (excludes halogenated alkanes) is 12. The molecular weight excluding hydrogens is 769 g/mol. The Morgan fingerprint density at radius 3 is 1.04 bits per heavy atom. The summed E-state index contributed by atoms with van der Waals surface area (Å²) in [5.74, 6) is 0. The van der Waals surface area contributed by atoms with Crippen molar-refractivity contribution in [3.63, 3.8) is 0 Å². The third kappa shape index (κ3) is 11.2. The highest BCUT2D eigenvalue weighted by molar-refractivity contribution is 7.30. The van der Waals surface area contributed by atoms with Crippen molar-refractivity contribution in [2.45, 2.75) is 156 Å². The Kier molecular flexibility index (Phi) is 17.2. The van der Waals surface area contributed by atoms with Gasteiger partial charge in [0.25, 0.3) is 0 Å². The zero-order valence-electron chi connectivity index (χ0n) is 33.4. The second-order valence-corrected chi connectivity index (χ2v) is 21.2. The van der Waals surface area contributed by atoms with E-state index in [1.54, 1.807) is 22.3 Å². The minimum Gasteiger partial charge on any atom is -0.143 e. The zero-order valence-corrected chi connectivity index (χ0v) is 38.3. The molecule has 0 radical (unpaired) electrons. The van der Waals surface area contributed by atoms with Crippen LogP contribution in [0.2, 0.25) is 0 Å². The van der Waals surface area contributed by atoms with E-state index in [1.807, 2.05) is 45.3 Å². The van der Waals surface area contributed by atoms with Gasteiger partial charge in [-0.25, -0.2) is 0 Å². The Balaban J connectivity index is 1.25. The van der Waals surface area contributed by atoms with Crippen LogP contribution in [0.4, 0.5) is 0 Å². The predicted octanol–water partition coefficient (Wildman–Crippen LogP) is 18.9. The lowest BCUT2D eigenvalue weighted by Crippen LogP contribution is -1.86. The van der Waals surface area contributed by atoms with E-state index in [-0.39, 0.29) is 0 Å². The predicted molar refractivity (Wildman–Crippen MR) is 252 cm³/mol. The first-order valence-corrected chi connectivity index (χ1v) is 26.3. The number of aryl methyl sites for hydroxylation is 4. The molecule has 6 heteroatoms. The summed E-state index contributed by atoms with van der Waals surface area (Å²) in [6, 6.07) is 19.6. The fourth-order valence-corrected chi connectivity index (χ4v) is 14.6. The number of rotatable bonds is 25. The number of hydrogen-bond acceptors (Lipinski definition) is 6. The minimum atomic E-state index is 1.19. The summed E-state index contributed by atoms with van der Waals surface area (Å²) in [7, 11) is 0. The molecule has 0 aromatic carbocycles. The van der Waals surface area contributed by atoms with Gasteiger partial charge in [0.05, 0.1) is 0 Å². The molecule has 6 rings (SSSR count). The smallest absolute Gasteiger partial charge is 0.0481 e. The summed E-state index contributed by atoms with van der Waals surface area (Å²) in [5, 5.41) is 4.65. The molecule has 0 aliphatic heterocycles. The van der Waals surface area contributed by atoms with Crippen molar-refractivity contribution in [2.24, 2.45) is 0 Å². The van der Waals surface area contributed by atoms with Gasteiger partial charge in [-0.3, -0.25) is 0 Å². The second-order valence-electron chi connectivity index (χ2n) is 15.1. The summed E-state index contributed by atoms with van der Waals surface area (Å²) in [4.78, 5) is 14.7. The van der Waals surface area contributed by atoms with Crippen LogP contribution in [0, 0.1) is 0 Å². The number of hydrogen-bond donors (Lipinski definition) is 0. The summed E-state index contributed by atoms with van der Waals surface area (Å²) >= 11 is 12.0. The van der Waals surface area contributed by atoms with Crippen LogP contribution in [0.1, 0.15) is 153 Å². The van der Waals surface area contributed by atoms with Gasteiger partial charge in [-0.15, -0.1) is 68.0 Å². The summed E-state index contributed by atoms with van der Waals surface area (Å²) in [5.41, 5.74) is 6.24. The van der Waals surface area contributed by atoms with Crippen molar-refractivity contribution in [1.82, 2.24) is 0 Å². The van der Waals surface area contributed by atoms with E-state index in [2.05, 4.69) is 110 Å². The van der Waals surface area contributed by atoms with E-state index >= 15 is 0 Å². The Bertz CT molecular complexity index is 1810. The van der Waals surface area contributed by atoms with Crippen LogP contribution < -0.4 is 0 Å². The molecule has 0 aliphatic rings. The third-order valence-electron chi connectivity index (χ3n) is 10.7. The average Bonchev–Trinajstić information content (AvgIpc) is 4.04. The Morgan fingerprint density at radius 1 is 0.315 bits per heavy atom. The van der Waals surface area contributed by atoms with E-state index in [0.29, 0.717) is 0 Å². The van der Waals surface area contributed by atoms with E-state index in [1.165, 1.54) is 177 Å². The van der Waals surface area contributed by atoms with Gasteiger partial charge in [0.15, 0.2) is 0 Å². The molecule has 0 N–H and O–H groups in total. The Hall–Kier alpha value is -1.80. The van der Waals surface area contributed by atoms with Crippen LogP contribution in [-0.2, 0) is 25.7 Å². The number of thiophene rings is 6. The Morgan fingerprint density at radius 2 is 0.667 bits per heavy atom. The van der Waals surface area contributed by atoms with Crippen LogP contribution in [0.15, 0.2) is 59.3 Å². The normalized spacial score (nSPS) is 11.7. The molecule has 54 heavy (non-hydrogen) atoms. The first kappa shape index (κ1) is 41.8. The average molecular weight is 831 g/mol. The quantitative estimate of drug-likeness (QED) is 0.0504. The Labute approximate surface area is 351 Å². The molecule has 0 fully saturated rings. The molecule has 0 spiro atoms. The SMILES string of the molecule is CCCCCCc1ccsc1-c1cc(CCCCCC)c(-c2ccc(-c3ccc(-c4sc(-c5sccc5CCCCCC)cc4CCCCCC)s3)s2)s1. The van der Waals surface area contributed by atoms with Crippen LogP contribution in [0.25, 0.3) is 48.8 Å². The first-order valence-electron chi connectivity index (χ1n) is 21.2. The lowest BCUT2D eigenvalue weighted by atomic mass is 10.0. The van der Waals surface area contributed by atoms with Crippen LogP contribution in [0.3, 0.4) is 0 Å². The van der Waals surface area contributed by atoms with E-state index in [4.69, 9.17) is 0 Å². The van der Waals surface area contributed by atoms with E-state index in [0.717, 1.165) is 0 Å². The van der Waals surface area contributed by atoms with E-state index < -0.39 is 0 Å². The van der Waals surface area contributed by atoms with Gasteiger partial charge in [-0.2, -0.15) is 0 Å². The maximum absolute atomic E-state index is 2.57. The van der Waals surface area contributed by atoms with Gasteiger partial charge in [0.2, 0.25) is 0 Å². The van der Waals surface area contributed by atoms with Crippen molar-refractivity contribution in [1.29, 1.82) is 0 Å². The standard InChI is InChI=1S/C48H62S6/c1-5-9-13-17-21-35-29-31-49-45(35)43-33-37(23-19-15-11-7-3)47(53-43)41-27-25-39(51-41)40-26-28-42(52-40)48-38(24-20-16-12-8-4)34-44(54-48)46-36(30-32-50-46)22-18-14-10-6-2/h25-34H,5-24H2,1-4H3. The highest BCUT2D eigenvalue weighted by atomic mass is 32.1. The van der Waals surface area contributed by atoms with Crippen molar-refractivity contribution in [3.05, 3.63) is 81.5 Å². The molecule has 0 bridgehead atoms. The summed E-state index contributed by atoms with van der Waals surface area (Å²) in [6.07, 6.45) is 25.9. The zero-order chi connectivity index (χ0) is 37.5. The van der Waals surface area contributed by atoms with E-state index in [9.17, 15) is 0 Å². The van der Waals surface area contributed by atoms with Crippen molar-refractivity contribution in [3.8, 4) is 48.8 Å². The molecule has 0 nitrogen and oxygen atoms in total. The van der Waals surface area contributed by atoms with Gasteiger partial charge in [-0.05, 0) is 133 Å². The minimum absolute atomic E-state index is 1.19. The third-order valence-corrected chi connectivity index (χ3v) is 18.0. The molecular formula is C48H62S6. The molecule has 0 unspecified atom stereocenters. The van der Waals surface area contributed by atoms with Crippen LogP contribution in [0.5, 0.6) is 0 Å². The van der Waals surface area contributed by atoms with Gasteiger partial charge in [-0.1, -0.05) is 105 Å². The monoisotopic (exact) mass is 830 g/mol. The highest BCUT2D eigenvalue weighted by Crippen LogP contribution is 2.49. The molecule has 0 saturated carbocycles. The highest BCUT2D eigenvalue weighted by Gasteiger charge is 2.20.